The lowest BCUT2D eigenvalue weighted by Crippen LogP contribution is -2.12. The van der Waals surface area contributed by atoms with Crippen LogP contribution in [0, 0.1) is 12.7 Å². The summed E-state index contributed by atoms with van der Waals surface area (Å²) in [5, 5.41) is 2.79. The molecule has 0 saturated carbocycles. The van der Waals surface area contributed by atoms with E-state index in [4.69, 9.17) is 0 Å². The van der Waals surface area contributed by atoms with Crippen LogP contribution in [0.1, 0.15) is 15.4 Å². The Hall–Kier alpha value is -2.30. The van der Waals surface area contributed by atoms with Crippen molar-refractivity contribution in [3.05, 3.63) is 69.4 Å². The molecule has 2 N–H and O–H groups in total. The molecule has 10 heteroatoms. The second-order valence-electron chi connectivity index (χ2n) is 5.45. The largest absolute Gasteiger partial charge is 0.321 e. The average Bonchev–Trinajstić information content (AvgIpc) is 2.97. The molecule has 0 aliphatic heterocycles. The van der Waals surface area contributed by atoms with Crippen molar-refractivity contribution in [1.82, 2.24) is 4.98 Å². The van der Waals surface area contributed by atoms with Crippen molar-refractivity contribution in [2.24, 2.45) is 0 Å². The molecule has 0 spiro atoms. The van der Waals surface area contributed by atoms with Crippen LogP contribution < -0.4 is 10.0 Å². The monoisotopic (exact) mass is 469 g/mol. The first-order valence-corrected chi connectivity index (χ1v) is 10.7. The molecular formula is C17H13BrFN3O3S2. The number of halogens is 2. The molecule has 1 aromatic heterocycles. The summed E-state index contributed by atoms with van der Waals surface area (Å²) in [7, 11) is -3.93. The van der Waals surface area contributed by atoms with Gasteiger partial charge in [-0.1, -0.05) is 27.3 Å². The SMILES string of the molecule is Cc1nc(NS(=O)(=O)c2ccc(F)cc2)sc1C(=O)Nc1ccc(Br)cc1. The van der Waals surface area contributed by atoms with Crippen molar-refractivity contribution in [3.8, 4) is 0 Å². The molecule has 27 heavy (non-hydrogen) atoms. The summed E-state index contributed by atoms with van der Waals surface area (Å²) in [6, 6.07) is 11.5. The van der Waals surface area contributed by atoms with Crippen molar-refractivity contribution in [1.29, 1.82) is 0 Å². The minimum Gasteiger partial charge on any atom is -0.321 e. The van der Waals surface area contributed by atoms with Gasteiger partial charge in [0.15, 0.2) is 5.13 Å². The number of amides is 1. The predicted octanol–water partition coefficient (Wildman–Crippen LogP) is 4.41. The van der Waals surface area contributed by atoms with Crippen LogP contribution in [0.5, 0.6) is 0 Å². The van der Waals surface area contributed by atoms with Gasteiger partial charge in [-0.05, 0) is 55.5 Å². The number of aromatic nitrogens is 1. The third-order valence-electron chi connectivity index (χ3n) is 3.45. The van der Waals surface area contributed by atoms with E-state index in [1.54, 1.807) is 31.2 Å². The minimum absolute atomic E-state index is 0.0535. The van der Waals surface area contributed by atoms with Crippen molar-refractivity contribution in [3.63, 3.8) is 0 Å². The zero-order valence-electron chi connectivity index (χ0n) is 13.9. The normalized spacial score (nSPS) is 11.2. The van der Waals surface area contributed by atoms with Gasteiger partial charge in [-0.15, -0.1) is 0 Å². The molecule has 1 amide bonds. The Kier molecular flexibility index (Phi) is 5.59. The van der Waals surface area contributed by atoms with Crippen LogP contribution in [0.25, 0.3) is 0 Å². The third kappa shape index (κ3) is 4.71. The van der Waals surface area contributed by atoms with E-state index in [0.29, 0.717) is 11.4 Å². The predicted molar refractivity (Wildman–Crippen MR) is 106 cm³/mol. The van der Waals surface area contributed by atoms with Crippen LogP contribution in [-0.4, -0.2) is 19.3 Å². The standard InChI is InChI=1S/C17H13BrFN3O3S2/c1-10-15(16(23)21-13-6-2-11(18)3-7-13)26-17(20-10)22-27(24,25)14-8-4-12(19)5-9-14/h2-9H,1H3,(H,20,22)(H,21,23). The number of carbonyl (C=O) groups is 1. The van der Waals surface area contributed by atoms with Crippen LogP contribution in [0.4, 0.5) is 15.2 Å². The second-order valence-corrected chi connectivity index (χ2v) is 9.05. The number of carbonyl (C=O) groups excluding carboxylic acids is 1. The molecule has 2 aromatic carbocycles. The highest BCUT2D eigenvalue weighted by Gasteiger charge is 2.20. The van der Waals surface area contributed by atoms with Crippen molar-refractivity contribution < 1.29 is 17.6 Å². The van der Waals surface area contributed by atoms with Gasteiger partial charge < -0.3 is 5.32 Å². The fourth-order valence-corrected chi connectivity index (χ4v) is 4.52. The number of hydrogen-bond acceptors (Lipinski definition) is 5. The fraction of sp³-hybridized carbons (Fsp3) is 0.0588. The highest BCUT2D eigenvalue weighted by atomic mass is 79.9. The summed E-state index contributed by atoms with van der Waals surface area (Å²) in [6.07, 6.45) is 0. The van der Waals surface area contributed by atoms with Crippen LogP contribution >= 0.6 is 27.3 Å². The Morgan fingerprint density at radius 3 is 2.37 bits per heavy atom. The first-order valence-electron chi connectivity index (χ1n) is 7.57. The van der Waals surface area contributed by atoms with E-state index in [9.17, 15) is 17.6 Å². The summed E-state index contributed by atoms with van der Waals surface area (Å²) < 4.78 is 40.9. The molecule has 0 saturated heterocycles. The third-order valence-corrected chi connectivity index (χ3v) is 6.53. The van der Waals surface area contributed by atoms with E-state index in [1.807, 2.05) is 0 Å². The van der Waals surface area contributed by atoms with Gasteiger partial charge in [0, 0.05) is 10.2 Å². The number of anilines is 2. The maximum Gasteiger partial charge on any atom is 0.267 e. The summed E-state index contributed by atoms with van der Waals surface area (Å²) in [5.41, 5.74) is 0.996. The van der Waals surface area contributed by atoms with Crippen molar-refractivity contribution >= 4 is 54.0 Å². The molecule has 3 rings (SSSR count). The molecule has 0 radical (unpaired) electrons. The highest BCUT2D eigenvalue weighted by molar-refractivity contribution is 9.10. The first-order chi connectivity index (χ1) is 12.7. The number of hydrogen-bond donors (Lipinski definition) is 2. The molecule has 3 aromatic rings. The maximum atomic E-state index is 13.0. The van der Waals surface area contributed by atoms with E-state index < -0.39 is 15.8 Å². The first kappa shape index (κ1) is 19.5. The molecule has 0 fully saturated rings. The number of benzene rings is 2. The van der Waals surface area contributed by atoms with Crippen LogP contribution in [-0.2, 0) is 10.0 Å². The number of nitrogens with one attached hydrogen (secondary N) is 2. The number of nitrogens with zero attached hydrogens (tertiary/aromatic N) is 1. The van der Waals surface area contributed by atoms with E-state index in [0.717, 1.165) is 40.1 Å². The Morgan fingerprint density at radius 1 is 1.11 bits per heavy atom. The molecule has 1 heterocycles. The Bertz CT molecular complexity index is 1080. The zero-order valence-corrected chi connectivity index (χ0v) is 17.1. The zero-order chi connectivity index (χ0) is 19.6. The summed E-state index contributed by atoms with van der Waals surface area (Å²) in [6.45, 7) is 1.61. The Balaban J connectivity index is 1.78. The molecule has 0 bridgehead atoms. The van der Waals surface area contributed by atoms with E-state index in [2.05, 4.69) is 31.0 Å². The molecule has 6 nitrogen and oxygen atoms in total. The molecule has 0 aliphatic carbocycles. The van der Waals surface area contributed by atoms with Gasteiger partial charge in [-0.3, -0.25) is 9.52 Å². The van der Waals surface area contributed by atoms with Crippen molar-refractivity contribution in [2.75, 3.05) is 10.0 Å². The smallest absolute Gasteiger partial charge is 0.267 e. The summed E-state index contributed by atoms with van der Waals surface area (Å²) in [4.78, 5) is 16.7. The van der Waals surface area contributed by atoms with Gasteiger partial charge in [0.05, 0.1) is 10.6 Å². The van der Waals surface area contributed by atoms with Crippen LogP contribution in [0.3, 0.4) is 0 Å². The number of sulfonamides is 1. The number of rotatable bonds is 5. The minimum atomic E-state index is -3.93. The summed E-state index contributed by atoms with van der Waals surface area (Å²) >= 11 is 4.23. The Labute approximate surface area is 167 Å². The number of aryl methyl sites for hydroxylation is 1. The maximum absolute atomic E-state index is 13.0. The molecule has 0 aliphatic rings. The van der Waals surface area contributed by atoms with Gasteiger partial charge in [0.25, 0.3) is 15.9 Å². The van der Waals surface area contributed by atoms with E-state index in [-0.39, 0.29) is 20.8 Å². The Morgan fingerprint density at radius 2 is 1.74 bits per heavy atom. The van der Waals surface area contributed by atoms with Crippen LogP contribution in [0.15, 0.2) is 57.9 Å². The highest BCUT2D eigenvalue weighted by Crippen LogP contribution is 2.26. The van der Waals surface area contributed by atoms with Gasteiger partial charge in [0.2, 0.25) is 0 Å². The lowest BCUT2D eigenvalue weighted by atomic mass is 10.3. The van der Waals surface area contributed by atoms with Gasteiger partial charge in [-0.2, -0.15) is 0 Å². The molecule has 0 atom stereocenters. The van der Waals surface area contributed by atoms with Crippen molar-refractivity contribution in [2.45, 2.75) is 11.8 Å². The van der Waals surface area contributed by atoms with E-state index in [1.165, 1.54) is 0 Å². The molecular weight excluding hydrogens is 457 g/mol. The lowest BCUT2D eigenvalue weighted by molar-refractivity contribution is 0.103. The molecule has 140 valence electrons. The second kappa shape index (κ2) is 7.75. The average molecular weight is 470 g/mol. The van der Waals surface area contributed by atoms with Gasteiger partial charge >= 0.3 is 0 Å². The quantitative estimate of drug-likeness (QED) is 0.579. The number of thiazole rings is 1. The van der Waals surface area contributed by atoms with E-state index >= 15 is 0 Å². The lowest BCUT2D eigenvalue weighted by Gasteiger charge is -2.05. The van der Waals surface area contributed by atoms with Crippen LogP contribution in [0.2, 0.25) is 0 Å². The topological polar surface area (TPSA) is 88.2 Å². The summed E-state index contributed by atoms with van der Waals surface area (Å²) in [5.74, 6) is -0.925. The van der Waals surface area contributed by atoms with Gasteiger partial charge in [-0.25, -0.2) is 17.8 Å². The fourth-order valence-electron chi connectivity index (χ4n) is 2.16. The molecule has 0 unspecified atom stereocenters. The van der Waals surface area contributed by atoms with Gasteiger partial charge in [0.1, 0.15) is 10.7 Å².